The molecule has 1 atom stereocenters. The molecule has 2 aliphatic heterocycles. The number of nitriles is 1. The third-order valence-electron chi connectivity index (χ3n) is 4.97. The lowest BCUT2D eigenvalue weighted by molar-refractivity contribution is 0.157. The molecule has 2 aromatic rings. The minimum atomic E-state index is -0.372. The maximum Gasteiger partial charge on any atom is 0.257 e. The predicted octanol–water partition coefficient (Wildman–Crippen LogP) is 2.14. The van der Waals surface area contributed by atoms with Gasteiger partial charge in [-0.2, -0.15) is 5.26 Å². The third kappa shape index (κ3) is 3.51. The van der Waals surface area contributed by atoms with Crippen molar-refractivity contribution in [3.8, 4) is 17.7 Å². The van der Waals surface area contributed by atoms with E-state index in [2.05, 4.69) is 25.8 Å². The number of hydrogen-bond donors (Lipinski definition) is 0. The molecule has 2 aromatic heterocycles. The summed E-state index contributed by atoms with van der Waals surface area (Å²) in [5.74, 6) is 1.21. The first-order chi connectivity index (χ1) is 13.2. The number of anilines is 1. The van der Waals surface area contributed by atoms with Crippen molar-refractivity contribution in [1.82, 2.24) is 14.9 Å². The molecule has 0 saturated carbocycles. The molecule has 0 spiro atoms. The first-order valence-electron chi connectivity index (χ1n) is 8.97. The molecule has 7 nitrogen and oxygen atoms in total. The van der Waals surface area contributed by atoms with Crippen LogP contribution >= 0.6 is 0 Å². The summed E-state index contributed by atoms with van der Waals surface area (Å²) in [5.41, 5.74) is 0.926. The SMILES string of the molecule is CC(c1nc2c(cc1F)OCCO2)N1CCN(c2ccc(C#N)cn2)CC1. The molecule has 0 N–H and O–H groups in total. The van der Waals surface area contributed by atoms with Gasteiger partial charge < -0.3 is 14.4 Å². The average molecular weight is 369 g/mol. The van der Waals surface area contributed by atoms with Crippen molar-refractivity contribution in [2.24, 2.45) is 0 Å². The zero-order valence-corrected chi connectivity index (χ0v) is 15.1. The highest BCUT2D eigenvalue weighted by molar-refractivity contribution is 5.42. The fourth-order valence-electron chi connectivity index (χ4n) is 3.41. The molecule has 0 radical (unpaired) electrons. The Morgan fingerprint density at radius 1 is 1.19 bits per heavy atom. The van der Waals surface area contributed by atoms with Gasteiger partial charge in [-0.05, 0) is 19.1 Å². The first kappa shape index (κ1) is 17.5. The smallest absolute Gasteiger partial charge is 0.257 e. The number of piperazine rings is 1. The molecule has 1 saturated heterocycles. The van der Waals surface area contributed by atoms with Crippen molar-refractivity contribution in [1.29, 1.82) is 5.26 Å². The minimum Gasteiger partial charge on any atom is -0.484 e. The molecule has 0 bridgehead atoms. The molecule has 0 amide bonds. The van der Waals surface area contributed by atoms with E-state index in [1.807, 2.05) is 13.0 Å². The lowest BCUT2D eigenvalue weighted by atomic mass is 10.1. The highest BCUT2D eigenvalue weighted by Crippen LogP contribution is 2.33. The zero-order valence-electron chi connectivity index (χ0n) is 15.1. The molecule has 0 aromatic carbocycles. The zero-order chi connectivity index (χ0) is 18.8. The van der Waals surface area contributed by atoms with Crippen molar-refractivity contribution < 1.29 is 13.9 Å². The third-order valence-corrected chi connectivity index (χ3v) is 4.97. The molecule has 4 rings (SSSR count). The van der Waals surface area contributed by atoms with Crippen LogP contribution in [0.1, 0.15) is 24.2 Å². The molecule has 27 heavy (non-hydrogen) atoms. The van der Waals surface area contributed by atoms with Crippen molar-refractivity contribution in [3.63, 3.8) is 0 Å². The van der Waals surface area contributed by atoms with Crippen molar-refractivity contribution >= 4 is 5.82 Å². The minimum absolute atomic E-state index is 0.170. The lowest BCUT2D eigenvalue weighted by Gasteiger charge is -2.38. The summed E-state index contributed by atoms with van der Waals surface area (Å²) in [6.45, 7) is 5.86. The number of nitrogens with zero attached hydrogens (tertiary/aromatic N) is 5. The van der Waals surface area contributed by atoms with Gasteiger partial charge in [-0.3, -0.25) is 4.90 Å². The normalized spacial score (nSPS) is 18.0. The van der Waals surface area contributed by atoms with E-state index in [0.717, 1.165) is 32.0 Å². The Kier molecular flexibility index (Phi) is 4.77. The van der Waals surface area contributed by atoms with Gasteiger partial charge in [0.25, 0.3) is 5.88 Å². The number of hydrogen-bond acceptors (Lipinski definition) is 7. The topological polar surface area (TPSA) is 74.5 Å². The van der Waals surface area contributed by atoms with Crippen LogP contribution in [0, 0.1) is 17.1 Å². The van der Waals surface area contributed by atoms with E-state index >= 15 is 0 Å². The van der Waals surface area contributed by atoms with Crippen LogP contribution in [0.4, 0.5) is 10.2 Å². The highest BCUT2D eigenvalue weighted by Gasteiger charge is 2.27. The second-order valence-electron chi connectivity index (χ2n) is 6.57. The number of fused-ring (bicyclic) bond motifs is 1. The summed E-state index contributed by atoms with van der Waals surface area (Å²) >= 11 is 0. The number of rotatable bonds is 3. The van der Waals surface area contributed by atoms with Crippen LogP contribution in [0.3, 0.4) is 0 Å². The molecule has 1 fully saturated rings. The van der Waals surface area contributed by atoms with Crippen LogP contribution < -0.4 is 14.4 Å². The number of aromatic nitrogens is 2. The Bertz CT molecular complexity index is 860. The van der Waals surface area contributed by atoms with E-state index in [-0.39, 0.29) is 11.9 Å². The number of ether oxygens (including phenoxy) is 2. The van der Waals surface area contributed by atoms with E-state index in [1.165, 1.54) is 6.07 Å². The van der Waals surface area contributed by atoms with Crippen LogP contribution in [0.2, 0.25) is 0 Å². The van der Waals surface area contributed by atoms with E-state index in [1.54, 1.807) is 12.3 Å². The van der Waals surface area contributed by atoms with Crippen LogP contribution in [0.15, 0.2) is 24.4 Å². The standard InChI is InChI=1S/C19H20FN5O2/c1-13(18-15(20)10-16-19(23-18)27-9-8-26-16)24-4-6-25(7-5-24)17-3-2-14(11-21)12-22-17/h2-3,10,12-13H,4-9H2,1H3. The fraction of sp³-hybridized carbons (Fsp3) is 0.421. The lowest BCUT2D eigenvalue weighted by Crippen LogP contribution is -2.47. The van der Waals surface area contributed by atoms with Gasteiger partial charge >= 0.3 is 0 Å². The molecule has 4 heterocycles. The van der Waals surface area contributed by atoms with Crippen molar-refractivity contribution in [3.05, 3.63) is 41.5 Å². The van der Waals surface area contributed by atoms with Gasteiger partial charge in [-0.25, -0.2) is 14.4 Å². The van der Waals surface area contributed by atoms with Gasteiger partial charge in [0.1, 0.15) is 30.9 Å². The van der Waals surface area contributed by atoms with Crippen LogP contribution in [-0.4, -0.2) is 54.3 Å². The molecular weight excluding hydrogens is 349 g/mol. The Hall–Kier alpha value is -2.92. The summed E-state index contributed by atoms with van der Waals surface area (Å²) in [7, 11) is 0. The summed E-state index contributed by atoms with van der Waals surface area (Å²) in [6, 6.07) is 6.90. The maximum absolute atomic E-state index is 14.5. The van der Waals surface area contributed by atoms with Gasteiger partial charge in [0.05, 0.1) is 17.3 Å². The summed E-state index contributed by atoms with van der Waals surface area (Å²) in [5, 5.41) is 8.88. The van der Waals surface area contributed by atoms with Gasteiger partial charge in [0, 0.05) is 38.4 Å². The Labute approximate surface area is 157 Å². The van der Waals surface area contributed by atoms with Gasteiger partial charge in [-0.1, -0.05) is 0 Å². The van der Waals surface area contributed by atoms with Gasteiger partial charge in [0.2, 0.25) is 0 Å². The molecule has 2 aliphatic rings. The summed E-state index contributed by atoms with van der Waals surface area (Å²) in [4.78, 5) is 13.1. The second kappa shape index (κ2) is 7.37. The molecule has 0 aliphatic carbocycles. The molecule has 8 heteroatoms. The summed E-state index contributed by atoms with van der Waals surface area (Å²) in [6.07, 6.45) is 1.58. The Balaban J connectivity index is 1.44. The molecule has 140 valence electrons. The fourth-order valence-corrected chi connectivity index (χ4v) is 3.41. The van der Waals surface area contributed by atoms with Gasteiger partial charge in [0.15, 0.2) is 5.75 Å². The maximum atomic E-state index is 14.5. The van der Waals surface area contributed by atoms with Crippen LogP contribution in [0.5, 0.6) is 11.6 Å². The van der Waals surface area contributed by atoms with Crippen molar-refractivity contribution in [2.45, 2.75) is 13.0 Å². The van der Waals surface area contributed by atoms with Crippen molar-refractivity contribution in [2.75, 3.05) is 44.3 Å². The largest absolute Gasteiger partial charge is 0.484 e. The average Bonchev–Trinajstić information content (AvgIpc) is 2.73. The molecule has 1 unspecified atom stereocenters. The predicted molar refractivity (Wildman–Crippen MR) is 96.3 cm³/mol. The summed E-state index contributed by atoms with van der Waals surface area (Å²) < 4.78 is 25.4. The van der Waals surface area contributed by atoms with E-state index in [4.69, 9.17) is 14.7 Å². The number of halogens is 1. The van der Waals surface area contributed by atoms with Crippen LogP contribution in [0.25, 0.3) is 0 Å². The van der Waals surface area contributed by atoms with E-state index in [9.17, 15) is 4.39 Å². The molecular formula is C19H20FN5O2. The second-order valence-corrected chi connectivity index (χ2v) is 6.57. The monoisotopic (exact) mass is 369 g/mol. The quantitative estimate of drug-likeness (QED) is 0.820. The Morgan fingerprint density at radius 2 is 1.96 bits per heavy atom. The highest BCUT2D eigenvalue weighted by atomic mass is 19.1. The van der Waals surface area contributed by atoms with E-state index in [0.29, 0.717) is 36.1 Å². The van der Waals surface area contributed by atoms with Gasteiger partial charge in [-0.15, -0.1) is 0 Å². The van der Waals surface area contributed by atoms with Crippen LogP contribution in [-0.2, 0) is 0 Å². The Morgan fingerprint density at radius 3 is 2.67 bits per heavy atom. The first-order valence-corrected chi connectivity index (χ1v) is 8.97. The number of pyridine rings is 2. The van der Waals surface area contributed by atoms with E-state index < -0.39 is 0 Å².